The topological polar surface area (TPSA) is 135 Å². The number of amides is 1. The van der Waals surface area contributed by atoms with Crippen molar-refractivity contribution in [2.24, 2.45) is 10.5 Å². The van der Waals surface area contributed by atoms with Crippen LogP contribution in [0, 0.1) is 19.3 Å². The maximum Gasteiger partial charge on any atom is 0.343 e. The molecule has 0 aliphatic carbocycles. The molecule has 1 aromatic heterocycles. The van der Waals surface area contributed by atoms with Gasteiger partial charge in [0.15, 0.2) is 11.5 Å². The molecular weight excluding hydrogens is 831 g/mol. The van der Waals surface area contributed by atoms with Gasteiger partial charge in [0.05, 0.1) is 61.1 Å². The Morgan fingerprint density at radius 2 is 1.53 bits per heavy atom. The lowest BCUT2D eigenvalue weighted by Gasteiger charge is -2.40. The average Bonchev–Trinajstić information content (AvgIpc) is 3.72. The highest BCUT2D eigenvalue weighted by atomic mass is 32.1. The molecule has 0 unspecified atom stereocenters. The van der Waals surface area contributed by atoms with Gasteiger partial charge in [-0.3, -0.25) is 4.79 Å². The number of aromatic nitrogens is 1. The standard InChI is InChI=1S/C51H55N3O9S/c1-6-14-47(55)54(50-53-41-15-10-11-16-46(41)64-50)52-30-40-39-21-18-37(28-36(39)19-23-43(40)61-26-13-9-8-12-25-59-31-51(7-2)32-60-33-51)48(56)63-44-24-20-38(29-45(44)58-5)49(57)62-42-22-17-34(3)27-35(42)4/h10-11,15-24,27-30H,6-9,12-14,25-26,31-33H2,1-5H3/b52-30+. The van der Waals surface area contributed by atoms with E-state index < -0.39 is 11.9 Å². The number of ether oxygens (including phenoxy) is 6. The molecule has 1 aliphatic rings. The molecule has 0 atom stereocenters. The summed E-state index contributed by atoms with van der Waals surface area (Å²) in [5.41, 5.74) is 4.04. The highest BCUT2D eigenvalue weighted by Gasteiger charge is 2.36. The second-order valence-electron chi connectivity index (χ2n) is 16.2. The Morgan fingerprint density at radius 3 is 2.25 bits per heavy atom. The summed E-state index contributed by atoms with van der Waals surface area (Å²) < 4.78 is 35.7. The number of carbonyl (C=O) groups excluding carboxylic acids is 3. The third-order valence-corrected chi connectivity index (χ3v) is 12.3. The maximum atomic E-state index is 13.7. The van der Waals surface area contributed by atoms with Crippen molar-refractivity contribution < 1.29 is 42.8 Å². The van der Waals surface area contributed by atoms with Crippen molar-refractivity contribution in [3.05, 3.63) is 119 Å². The van der Waals surface area contributed by atoms with Crippen LogP contribution in [0.25, 0.3) is 21.0 Å². The minimum atomic E-state index is -0.624. The van der Waals surface area contributed by atoms with Gasteiger partial charge in [-0.15, -0.1) is 0 Å². The summed E-state index contributed by atoms with van der Waals surface area (Å²) in [6, 6.07) is 26.8. The normalized spacial score (nSPS) is 13.2. The fourth-order valence-electron chi connectivity index (χ4n) is 7.35. The van der Waals surface area contributed by atoms with E-state index in [1.807, 2.05) is 75.4 Å². The van der Waals surface area contributed by atoms with E-state index in [-0.39, 0.29) is 33.9 Å². The molecule has 334 valence electrons. The van der Waals surface area contributed by atoms with Gasteiger partial charge >= 0.3 is 11.9 Å². The lowest BCUT2D eigenvalue weighted by Crippen LogP contribution is -2.45. The summed E-state index contributed by atoms with van der Waals surface area (Å²) in [7, 11) is 1.43. The molecule has 2 heterocycles. The van der Waals surface area contributed by atoms with Crippen molar-refractivity contribution in [2.45, 2.75) is 72.6 Å². The zero-order valence-electron chi connectivity index (χ0n) is 37.1. The molecule has 5 aromatic carbocycles. The van der Waals surface area contributed by atoms with E-state index >= 15 is 0 Å². The Balaban J connectivity index is 1.08. The minimum absolute atomic E-state index is 0.139. The van der Waals surface area contributed by atoms with Crippen molar-refractivity contribution in [1.82, 2.24) is 4.98 Å². The molecule has 0 N–H and O–H groups in total. The zero-order chi connectivity index (χ0) is 45.1. The lowest BCUT2D eigenvalue weighted by atomic mass is 9.84. The number of carbonyl (C=O) groups is 3. The largest absolute Gasteiger partial charge is 0.493 e. The van der Waals surface area contributed by atoms with Gasteiger partial charge in [0.25, 0.3) is 0 Å². The molecule has 13 heteroatoms. The van der Waals surface area contributed by atoms with Crippen molar-refractivity contribution >= 4 is 61.5 Å². The number of anilines is 1. The third kappa shape index (κ3) is 11.1. The van der Waals surface area contributed by atoms with Gasteiger partial charge in [0.2, 0.25) is 11.0 Å². The first-order valence-corrected chi connectivity index (χ1v) is 22.7. The molecule has 7 rings (SSSR count). The van der Waals surface area contributed by atoms with Crippen LogP contribution < -0.4 is 24.0 Å². The van der Waals surface area contributed by atoms with Crippen LogP contribution in [0.2, 0.25) is 0 Å². The van der Waals surface area contributed by atoms with Crippen LogP contribution in [-0.2, 0) is 14.3 Å². The number of rotatable bonds is 21. The van der Waals surface area contributed by atoms with Crippen molar-refractivity contribution in [3.63, 3.8) is 0 Å². The quantitative estimate of drug-likeness (QED) is 0.0226. The number of hydrogen-bond acceptors (Lipinski definition) is 12. The Kier molecular flexibility index (Phi) is 15.4. The van der Waals surface area contributed by atoms with Crippen molar-refractivity contribution in [3.8, 4) is 23.0 Å². The van der Waals surface area contributed by atoms with Gasteiger partial charge < -0.3 is 28.4 Å². The Bertz CT molecular complexity index is 2600. The highest BCUT2D eigenvalue weighted by molar-refractivity contribution is 7.22. The predicted octanol–water partition coefficient (Wildman–Crippen LogP) is 11.1. The first-order valence-electron chi connectivity index (χ1n) is 21.9. The van der Waals surface area contributed by atoms with E-state index in [0.717, 1.165) is 90.6 Å². The third-order valence-electron chi connectivity index (χ3n) is 11.3. The fourth-order valence-corrected chi connectivity index (χ4v) is 8.29. The number of methoxy groups -OCH3 is 1. The fraction of sp³-hybridized carbons (Fsp3) is 0.353. The molecule has 0 bridgehead atoms. The molecule has 64 heavy (non-hydrogen) atoms. The summed E-state index contributed by atoms with van der Waals surface area (Å²) in [6.07, 6.45) is 7.48. The maximum absolute atomic E-state index is 13.7. The molecule has 1 saturated heterocycles. The second-order valence-corrected chi connectivity index (χ2v) is 17.2. The monoisotopic (exact) mass is 885 g/mol. The number of fused-ring (bicyclic) bond motifs is 2. The van der Waals surface area contributed by atoms with Crippen LogP contribution >= 0.6 is 11.3 Å². The molecule has 0 saturated carbocycles. The zero-order valence-corrected chi connectivity index (χ0v) is 38.0. The molecule has 1 aliphatic heterocycles. The van der Waals surface area contributed by atoms with Crippen molar-refractivity contribution in [1.29, 1.82) is 0 Å². The van der Waals surface area contributed by atoms with E-state index in [1.165, 1.54) is 41.7 Å². The van der Waals surface area contributed by atoms with E-state index in [4.69, 9.17) is 38.5 Å². The van der Waals surface area contributed by atoms with E-state index in [0.29, 0.717) is 41.6 Å². The number of nitrogens with zero attached hydrogens (tertiary/aromatic N) is 3. The summed E-state index contributed by atoms with van der Waals surface area (Å²) in [4.78, 5) is 45.0. The van der Waals surface area contributed by atoms with Crippen LogP contribution in [0.15, 0.2) is 96.1 Å². The number of aryl methyl sites for hydroxylation is 2. The van der Waals surface area contributed by atoms with Gasteiger partial charge in [-0.25, -0.2) is 14.6 Å². The molecular formula is C51H55N3O9S. The summed E-state index contributed by atoms with van der Waals surface area (Å²) in [6.45, 7) is 11.5. The Morgan fingerprint density at radius 1 is 0.812 bits per heavy atom. The smallest absolute Gasteiger partial charge is 0.343 e. The molecule has 1 fully saturated rings. The highest BCUT2D eigenvalue weighted by Crippen LogP contribution is 2.34. The Hall–Kier alpha value is -6.15. The number of esters is 2. The lowest BCUT2D eigenvalue weighted by molar-refractivity contribution is -0.150. The van der Waals surface area contributed by atoms with E-state index in [2.05, 4.69) is 6.92 Å². The summed E-state index contributed by atoms with van der Waals surface area (Å²) in [5.74, 6) is 0.00799. The van der Waals surface area contributed by atoms with E-state index in [9.17, 15) is 14.4 Å². The van der Waals surface area contributed by atoms with Crippen LogP contribution in [0.5, 0.6) is 23.0 Å². The Labute approximate surface area is 378 Å². The molecule has 6 aromatic rings. The van der Waals surface area contributed by atoms with Gasteiger partial charge in [0.1, 0.15) is 11.5 Å². The molecule has 1 amide bonds. The van der Waals surface area contributed by atoms with Crippen LogP contribution in [0.4, 0.5) is 5.13 Å². The van der Waals surface area contributed by atoms with Gasteiger partial charge in [-0.1, -0.05) is 73.6 Å². The number of hydrazone groups is 1. The average molecular weight is 886 g/mol. The second kappa shape index (κ2) is 21.5. The van der Waals surface area contributed by atoms with Crippen LogP contribution in [0.1, 0.15) is 96.2 Å². The first-order chi connectivity index (χ1) is 31.1. The predicted molar refractivity (Wildman–Crippen MR) is 251 cm³/mol. The summed E-state index contributed by atoms with van der Waals surface area (Å²) in [5, 5.41) is 8.08. The number of thiazole rings is 1. The van der Waals surface area contributed by atoms with Gasteiger partial charge in [-0.05, 0) is 117 Å². The SMILES string of the molecule is CCCC(=O)N(/N=C/c1c(OCCCCCCOCC2(CC)COC2)ccc2cc(C(=O)Oc3ccc(C(=O)Oc4ccc(C)cc4C)cc3OC)ccc12)c1nc2ccccc2s1. The number of hydrogen-bond donors (Lipinski definition) is 0. The van der Waals surface area contributed by atoms with Crippen molar-refractivity contribution in [2.75, 3.05) is 45.2 Å². The number of unbranched alkanes of at least 4 members (excludes halogenated alkanes) is 3. The van der Waals surface area contributed by atoms with Gasteiger partial charge in [0, 0.05) is 24.0 Å². The van der Waals surface area contributed by atoms with Crippen LogP contribution in [-0.4, -0.2) is 69.2 Å². The number of para-hydroxylation sites is 1. The molecule has 0 radical (unpaired) electrons. The van der Waals surface area contributed by atoms with Crippen LogP contribution in [0.3, 0.4) is 0 Å². The summed E-state index contributed by atoms with van der Waals surface area (Å²) >= 11 is 1.40. The first kappa shape index (κ1) is 45.9. The van der Waals surface area contributed by atoms with E-state index in [1.54, 1.807) is 24.4 Å². The van der Waals surface area contributed by atoms with Gasteiger partial charge in [-0.2, -0.15) is 10.1 Å². The minimum Gasteiger partial charge on any atom is -0.493 e. The number of benzene rings is 5. The molecule has 0 spiro atoms. The molecule has 12 nitrogen and oxygen atoms in total.